The molecule has 0 N–H and O–H groups in total. The average Bonchev–Trinajstić information content (AvgIpc) is 2.39. The molecule has 18 heavy (non-hydrogen) atoms. The first-order valence-electron chi connectivity index (χ1n) is 6.59. The number of nitrogens with zero attached hydrogens (tertiary/aromatic N) is 3. The summed E-state index contributed by atoms with van der Waals surface area (Å²) >= 11 is 5.98. The lowest BCUT2D eigenvalue weighted by molar-refractivity contribution is 0.432. The molecule has 0 saturated carbocycles. The Kier molecular flexibility index (Phi) is 4.43. The van der Waals surface area contributed by atoms with Crippen LogP contribution in [0.3, 0.4) is 0 Å². The standard InChI is InChI=1S/C14H18ClN3/c1-2-5-12-6-3-4-7-18(12)14-9-11(10-16)8-13(15)17-14/h8-9,12H,2-7H2,1H3. The summed E-state index contributed by atoms with van der Waals surface area (Å²) in [6, 6.07) is 6.15. The van der Waals surface area contributed by atoms with E-state index in [9.17, 15) is 0 Å². The number of hydrogen-bond acceptors (Lipinski definition) is 3. The fourth-order valence-electron chi connectivity index (χ4n) is 2.63. The van der Waals surface area contributed by atoms with Gasteiger partial charge in [0.15, 0.2) is 0 Å². The summed E-state index contributed by atoms with van der Waals surface area (Å²) in [5, 5.41) is 9.41. The number of hydrogen-bond donors (Lipinski definition) is 0. The molecule has 0 radical (unpaired) electrons. The molecular formula is C14H18ClN3. The molecule has 1 saturated heterocycles. The van der Waals surface area contributed by atoms with Crippen LogP contribution in [-0.2, 0) is 0 Å². The maximum atomic E-state index is 9.00. The molecule has 0 spiro atoms. The van der Waals surface area contributed by atoms with E-state index in [1.807, 2.05) is 6.07 Å². The highest BCUT2D eigenvalue weighted by molar-refractivity contribution is 6.29. The number of aromatic nitrogens is 1. The van der Waals surface area contributed by atoms with Gasteiger partial charge in [-0.3, -0.25) is 0 Å². The third kappa shape index (κ3) is 2.94. The molecule has 0 aromatic carbocycles. The van der Waals surface area contributed by atoms with Crippen LogP contribution in [0.5, 0.6) is 0 Å². The zero-order valence-corrected chi connectivity index (χ0v) is 11.5. The van der Waals surface area contributed by atoms with Crippen LogP contribution < -0.4 is 4.90 Å². The van der Waals surface area contributed by atoms with Crippen molar-refractivity contribution in [2.24, 2.45) is 0 Å². The molecule has 2 heterocycles. The molecule has 1 aliphatic rings. The van der Waals surface area contributed by atoms with E-state index in [1.165, 1.54) is 32.1 Å². The van der Waals surface area contributed by atoms with Crippen LogP contribution in [-0.4, -0.2) is 17.6 Å². The van der Waals surface area contributed by atoms with Gasteiger partial charge in [-0.15, -0.1) is 0 Å². The van der Waals surface area contributed by atoms with Crippen molar-refractivity contribution in [3.63, 3.8) is 0 Å². The number of anilines is 1. The second kappa shape index (κ2) is 6.06. The van der Waals surface area contributed by atoms with E-state index in [2.05, 4.69) is 22.9 Å². The summed E-state index contributed by atoms with van der Waals surface area (Å²) in [6.45, 7) is 3.22. The number of halogens is 1. The van der Waals surface area contributed by atoms with Gasteiger partial charge in [-0.05, 0) is 37.8 Å². The molecule has 0 amide bonds. The third-order valence-corrected chi connectivity index (χ3v) is 3.65. The fraction of sp³-hybridized carbons (Fsp3) is 0.571. The summed E-state index contributed by atoms with van der Waals surface area (Å²) in [6.07, 6.45) is 6.04. The number of nitriles is 1. The highest BCUT2D eigenvalue weighted by Gasteiger charge is 2.23. The van der Waals surface area contributed by atoms with Gasteiger partial charge in [0.2, 0.25) is 0 Å². The second-order valence-electron chi connectivity index (χ2n) is 4.78. The van der Waals surface area contributed by atoms with Gasteiger partial charge >= 0.3 is 0 Å². The minimum Gasteiger partial charge on any atom is -0.354 e. The molecule has 96 valence electrons. The first-order chi connectivity index (χ1) is 8.74. The Balaban J connectivity index is 2.27. The molecule has 4 heteroatoms. The number of pyridine rings is 1. The van der Waals surface area contributed by atoms with Crippen LogP contribution in [0.2, 0.25) is 5.15 Å². The maximum Gasteiger partial charge on any atom is 0.132 e. The van der Waals surface area contributed by atoms with E-state index < -0.39 is 0 Å². The van der Waals surface area contributed by atoms with E-state index >= 15 is 0 Å². The van der Waals surface area contributed by atoms with Crippen LogP contribution in [0, 0.1) is 11.3 Å². The molecule has 1 aromatic heterocycles. The Morgan fingerprint density at radius 3 is 3.06 bits per heavy atom. The van der Waals surface area contributed by atoms with E-state index in [0.717, 1.165) is 12.4 Å². The summed E-state index contributed by atoms with van der Waals surface area (Å²) in [5.74, 6) is 0.859. The van der Waals surface area contributed by atoms with Crippen LogP contribution >= 0.6 is 11.6 Å². The molecule has 0 bridgehead atoms. The third-order valence-electron chi connectivity index (χ3n) is 3.45. The lowest BCUT2D eigenvalue weighted by Crippen LogP contribution is -2.40. The quantitative estimate of drug-likeness (QED) is 0.780. The SMILES string of the molecule is CCCC1CCCCN1c1cc(C#N)cc(Cl)n1. The monoisotopic (exact) mass is 263 g/mol. The predicted molar refractivity (Wildman–Crippen MR) is 73.9 cm³/mol. The summed E-state index contributed by atoms with van der Waals surface area (Å²) in [7, 11) is 0. The van der Waals surface area contributed by atoms with Crippen molar-refractivity contribution in [2.45, 2.75) is 45.1 Å². The lowest BCUT2D eigenvalue weighted by Gasteiger charge is -2.36. The number of piperidine rings is 1. The van der Waals surface area contributed by atoms with E-state index in [0.29, 0.717) is 16.8 Å². The molecule has 1 aromatic rings. The molecule has 1 atom stereocenters. The number of rotatable bonds is 3. The van der Waals surface area contributed by atoms with Crippen molar-refractivity contribution in [1.82, 2.24) is 4.98 Å². The van der Waals surface area contributed by atoms with Gasteiger partial charge < -0.3 is 4.90 Å². The van der Waals surface area contributed by atoms with Gasteiger partial charge in [-0.25, -0.2) is 4.98 Å². The Morgan fingerprint density at radius 1 is 1.50 bits per heavy atom. The smallest absolute Gasteiger partial charge is 0.132 e. The van der Waals surface area contributed by atoms with E-state index in [1.54, 1.807) is 6.07 Å². The zero-order chi connectivity index (χ0) is 13.0. The maximum absolute atomic E-state index is 9.00. The van der Waals surface area contributed by atoms with Crippen LogP contribution in [0.15, 0.2) is 12.1 Å². The van der Waals surface area contributed by atoms with Gasteiger partial charge in [0.25, 0.3) is 0 Å². The average molecular weight is 264 g/mol. The first-order valence-corrected chi connectivity index (χ1v) is 6.96. The zero-order valence-electron chi connectivity index (χ0n) is 10.7. The van der Waals surface area contributed by atoms with Crippen molar-refractivity contribution < 1.29 is 0 Å². The lowest BCUT2D eigenvalue weighted by atomic mass is 9.98. The summed E-state index contributed by atoms with van der Waals surface area (Å²) < 4.78 is 0. The van der Waals surface area contributed by atoms with E-state index in [4.69, 9.17) is 16.9 Å². The molecule has 1 aliphatic heterocycles. The first kappa shape index (κ1) is 13.2. The van der Waals surface area contributed by atoms with Crippen molar-refractivity contribution in [2.75, 3.05) is 11.4 Å². The van der Waals surface area contributed by atoms with Crippen molar-refractivity contribution in [3.05, 3.63) is 22.8 Å². The molecular weight excluding hydrogens is 246 g/mol. The largest absolute Gasteiger partial charge is 0.354 e. The topological polar surface area (TPSA) is 39.9 Å². The van der Waals surface area contributed by atoms with Crippen LogP contribution in [0.1, 0.15) is 44.6 Å². The fourth-order valence-corrected chi connectivity index (χ4v) is 2.83. The van der Waals surface area contributed by atoms with Crippen molar-refractivity contribution >= 4 is 17.4 Å². The van der Waals surface area contributed by atoms with Crippen LogP contribution in [0.25, 0.3) is 0 Å². The van der Waals surface area contributed by atoms with E-state index in [-0.39, 0.29) is 0 Å². The Labute approximate surface area is 113 Å². The van der Waals surface area contributed by atoms with Crippen LogP contribution in [0.4, 0.5) is 5.82 Å². The Morgan fingerprint density at radius 2 is 2.33 bits per heavy atom. The molecule has 3 nitrogen and oxygen atoms in total. The summed E-state index contributed by atoms with van der Waals surface area (Å²) in [4.78, 5) is 6.70. The van der Waals surface area contributed by atoms with Gasteiger partial charge in [-0.2, -0.15) is 5.26 Å². The molecule has 2 rings (SSSR count). The highest BCUT2D eigenvalue weighted by atomic mass is 35.5. The van der Waals surface area contributed by atoms with Gasteiger partial charge in [0.1, 0.15) is 11.0 Å². The van der Waals surface area contributed by atoms with Crippen molar-refractivity contribution in [1.29, 1.82) is 5.26 Å². The minimum absolute atomic E-state index is 0.407. The predicted octanol–water partition coefficient (Wildman–Crippen LogP) is 3.77. The highest BCUT2D eigenvalue weighted by Crippen LogP contribution is 2.27. The summed E-state index contributed by atoms with van der Waals surface area (Å²) in [5.41, 5.74) is 0.589. The normalized spacial score (nSPS) is 19.6. The van der Waals surface area contributed by atoms with Gasteiger partial charge in [0.05, 0.1) is 11.6 Å². The molecule has 0 aliphatic carbocycles. The second-order valence-corrected chi connectivity index (χ2v) is 5.17. The van der Waals surface area contributed by atoms with Gasteiger partial charge in [0, 0.05) is 12.6 Å². The Bertz CT molecular complexity index is 451. The Hall–Kier alpha value is -1.27. The van der Waals surface area contributed by atoms with Crippen molar-refractivity contribution in [3.8, 4) is 6.07 Å². The van der Waals surface area contributed by atoms with Gasteiger partial charge in [-0.1, -0.05) is 24.9 Å². The molecule has 1 unspecified atom stereocenters. The minimum atomic E-state index is 0.407. The molecule has 1 fully saturated rings.